The largest absolute Gasteiger partial charge is 0.438 e. The summed E-state index contributed by atoms with van der Waals surface area (Å²) in [7, 11) is 2.01. The fourth-order valence-electron chi connectivity index (χ4n) is 4.57. The van der Waals surface area contributed by atoms with Crippen LogP contribution in [0.3, 0.4) is 0 Å². The van der Waals surface area contributed by atoms with Gasteiger partial charge in [0.1, 0.15) is 5.82 Å². The third-order valence-corrected chi connectivity index (χ3v) is 6.51. The Morgan fingerprint density at radius 1 is 1.08 bits per heavy atom. The number of carbonyl (C=O) groups is 3. The molecular formula is C27H33FN4O4. The summed E-state index contributed by atoms with van der Waals surface area (Å²) < 4.78 is 19.2. The molecule has 0 aliphatic carbocycles. The Balaban J connectivity index is 1.62. The molecule has 2 unspecified atom stereocenters. The van der Waals surface area contributed by atoms with Crippen LogP contribution in [0.5, 0.6) is 0 Å². The third-order valence-electron chi connectivity index (χ3n) is 6.51. The number of cyclic esters (lactones) is 1. The summed E-state index contributed by atoms with van der Waals surface area (Å²) in [4.78, 5) is 44.5. The zero-order valence-corrected chi connectivity index (χ0v) is 20.9. The van der Waals surface area contributed by atoms with Gasteiger partial charge in [-0.15, -0.1) is 0 Å². The Bertz CT molecular complexity index is 1100. The van der Waals surface area contributed by atoms with Crippen LogP contribution in [0.4, 0.5) is 14.9 Å². The van der Waals surface area contributed by atoms with E-state index in [0.29, 0.717) is 36.3 Å². The molecule has 192 valence electrons. The molecule has 2 aromatic carbocycles. The van der Waals surface area contributed by atoms with Gasteiger partial charge in [0, 0.05) is 38.3 Å². The van der Waals surface area contributed by atoms with Crippen LogP contribution in [0, 0.1) is 11.7 Å². The van der Waals surface area contributed by atoms with Crippen molar-refractivity contribution in [2.24, 2.45) is 5.92 Å². The molecule has 0 spiro atoms. The number of piperazine rings is 1. The maximum atomic E-state index is 13.8. The minimum atomic E-state index is -0.882. The molecular weight excluding hydrogens is 463 g/mol. The molecule has 8 nitrogen and oxygen atoms in total. The van der Waals surface area contributed by atoms with E-state index in [4.69, 9.17) is 4.74 Å². The normalized spacial score (nSPS) is 20.5. The third kappa shape index (κ3) is 6.02. The molecule has 2 heterocycles. The van der Waals surface area contributed by atoms with Gasteiger partial charge in [0.25, 0.3) is 0 Å². The zero-order valence-electron chi connectivity index (χ0n) is 20.9. The van der Waals surface area contributed by atoms with Crippen molar-refractivity contribution in [3.8, 4) is 0 Å². The highest BCUT2D eigenvalue weighted by molar-refractivity contribution is 5.91. The minimum absolute atomic E-state index is 0.103. The first-order valence-electron chi connectivity index (χ1n) is 12.3. The fraction of sp³-hybridized carbons (Fsp3) is 0.444. The number of nitrogens with one attached hydrogen (secondary N) is 1. The smallest absolute Gasteiger partial charge is 0.411 e. The predicted octanol–water partition coefficient (Wildman–Crippen LogP) is 3.65. The number of nitrogens with zero attached hydrogens (tertiary/aromatic N) is 3. The van der Waals surface area contributed by atoms with Crippen molar-refractivity contribution in [3.05, 3.63) is 65.5 Å². The first kappa shape index (κ1) is 25.6. The number of rotatable bonds is 7. The Labute approximate surface area is 211 Å². The number of hydrogen-bond acceptors (Lipinski definition) is 5. The highest BCUT2D eigenvalue weighted by Gasteiger charge is 2.48. The van der Waals surface area contributed by atoms with Crippen molar-refractivity contribution >= 4 is 23.6 Å². The van der Waals surface area contributed by atoms with Crippen molar-refractivity contribution in [1.29, 1.82) is 0 Å². The number of likely N-dealkylation sites (N-methyl/N-ethyl adjacent to an activating group) is 1. The average molecular weight is 497 g/mol. The Hall–Kier alpha value is -3.46. The van der Waals surface area contributed by atoms with Gasteiger partial charge in [-0.1, -0.05) is 38.1 Å². The first-order chi connectivity index (χ1) is 17.2. The summed E-state index contributed by atoms with van der Waals surface area (Å²) in [5.41, 5.74) is 1.90. The Morgan fingerprint density at radius 3 is 2.44 bits per heavy atom. The van der Waals surface area contributed by atoms with E-state index in [1.165, 1.54) is 17.0 Å². The van der Waals surface area contributed by atoms with Gasteiger partial charge < -0.3 is 19.9 Å². The highest BCUT2D eigenvalue weighted by Crippen LogP contribution is 2.36. The monoisotopic (exact) mass is 496 g/mol. The summed E-state index contributed by atoms with van der Waals surface area (Å²) in [5.74, 6) is -0.444. The lowest BCUT2D eigenvalue weighted by atomic mass is 9.99. The number of hydrogen-bond donors (Lipinski definition) is 1. The molecule has 36 heavy (non-hydrogen) atoms. The quantitative estimate of drug-likeness (QED) is 0.633. The van der Waals surface area contributed by atoms with Gasteiger partial charge >= 0.3 is 6.09 Å². The van der Waals surface area contributed by atoms with Gasteiger partial charge in [0.2, 0.25) is 11.8 Å². The van der Waals surface area contributed by atoms with Crippen LogP contribution in [-0.4, -0.2) is 71.9 Å². The lowest BCUT2D eigenvalue weighted by molar-refractivity contribution is -0.138. The Morgan fingerprint density at radius 2 is 1.78 bits per heavy atom. The molecule has 9 heteroatoms. The summed E-state index contributed by atoms with van der Waals surface area (Å²) in [5, 5.41) is 2.89. The summed E-state index contributed by atoms with van der Waals surface area (Å²) in [6.07, 6.45) is -1.06. The molecule has 2 fully saturated rings. The van der Waals surface area contributed by atoms with Gasteiger partial charge in [-0.3, -0.25) is 14.5 Å². The second-order valence-electron chi connectivity index (χ2n) is 9.90. The number of halogens is 1. The van der Waals surface area contributed by atoms with E-state index in [-0.39, 0.29) is 30.1 Å². The molecule has 0 aromatic heterocycles. The molecule has 2 aliphatic heterocycles. The molecule has 2 atom stereocenters. The molecule has 1 N–H and O–H groups in total. The summed E-state index contributed by atoms with van der Waals surface area (Å²) in [6.45, 7) is 6.66. The van der Waals surface area contributed by atoms with Crippen molar-refractivity contribution in [3.63, 3.8) is 0 Å². The maximum Gasteiger partial charge on any atom is 0.411 e. The number of amides is 3. The molecule has 0 bridgehead atoms. The van der Waals surface area contributed by atoms with E-state index in [1.54, 1.807) is 41.3 Å². The lowest BCUT2D eigenvalue weighted by Gasteiger charge is -2.36. The highest BCUT2D eigenvalue weighted by atomic mass is 19.1. The van der Waals surface area contributed by atoms with E-state index >= 15 is 0 Å². The van der Waals surface area contributed by atoms with E-state index in [2.05, 4.69) is 10.2 Å². The van der Waals surface area contributed by atoms with Crippen LogP contribution in [0.2, 0.25) is 0 Å². The number of benzene rings is 2. The second kappa shape index (κ2) is 11.1. The van der Waals surface area contributed by atoms with Gasteiger partial charge in [-0.2, -0.15) is 0 Å². The maximum absolute atomic E-state index is 13.8. The van der Waals surface area contributed by atoms with Crippen LogP contribution in [0.15, 0.2) is 48.5 Å². The van der Waals surface area contributed by atoms with Crippen LogP contribution < -0.4 is 5.32 Å². The SMILES string of the molecule is CC(C)CC(=O)Nc1cccc(C2OC(=O)N(Cc3ccc(F)cc3)C2C(=O)N2CCN(C)CC2)c1. The molecule has 2 saturated heterocycles. The van der Waals surface area contributed by atoms with E-state index in [1.807, 2.05) is 20.9 Å². The van der Waals surface area contributed by atoms with Crippen LogP contribution in [-0.2, 0) is 20.9 Å². The van der Waals surface area contributed by atoms with Gasteiger partial charge in [0.05, 0.1) is 6.54 Å². The van der Waals surface area contributed by atoms with Gasteiger partial charge in [-0.25, -0.2) is 9.18 Å². The van der Waals surface area contributed by atoms with Crippen molar-refractivity contribution in [2.75, 3.05) is 38.5 Å². The topological polar surface area (TPSA) is 82.2 Å². The Kier molecular flexibility index (Phi) is 7.88. The molecule has 4 rings (SSSR count). The zero-order chi connectivity index (χ0) is 25.8. The summed E-state index contributed by atoms with van der Waals surface area (Å²) >= 11 is 0. The van der Waals surface area contributed by atoms with Crippen LogP contribution in [0.25, 0.3) is 0 Å². The van der Waals surface area contributed by atoms with E-state index in [9.17, 15) is 18.8 Å². The van der Waals surface area contributed by atoms with Gasteiger partial charge in [-0.05, 0) is 48.4 Å². The predicted molar refractivity (Wildman–Crippen MR) is 134 cm³/mol. The average Bonchev–Trinajstić information content (AvgIpc) is 3.16. The number of ether oxygens (including phenoxy) is 1. The summed E-state index contributed by atoms with van der Waals surface area (Å²) in [6, 6.07) is 12.1. The van der Waals surface area contributed by atoms with Crippen molar-refractivity contribution < 1.29 is 23.5 Å². The molecule has 2 aliphatic rings. The minimum Gasteiger partial charge on any atom is -0.438 e. The van der Waals surface area contributed by atoms with E-state index < -0.39 is 18.2 Å². The molecule has 3 amide bonds. The van der Waals surface area contributed by atoms with Crippen molar-refractivity contribution in [2.45, 2.75) is 39.0 Å². The van der Waals surface area contributed by atoms with Gasteiger partial charge in [0.15, 0.2) is 12.1 Å². The first-order valence-corrected chi connectivity index (χ1v) is 12.3. The number of carbonyl (C=O) groups excluding carboxylic acids is 3. The van der Waals surface area contributed by atoms with Crippen molar-refractivity contribution in [1.82, 2.24) is 14.7 Å². The van der Waals surface area contributed by atoms with Crippen LogP contribution >= 0.6 is 0 Å². The molecule has 0 radical (unpaired) electrons. The fourth-order valence-corrected chi connectivity index (χ4v) is 4.57. The van der Waals surface area contributed by atoms with Crippen LogP contribution in [0.1, 0.15) is 37.5 Å². The second-order valence-corrected chi connectivity index (χ2v) is 9.90. The molecule has 0 saturated carbocycles. The standard InChI is InChI=1S/C27H33FN4O4/c1-18(2)15-23(33)29-22-6-4-5-20(16-22)25-24(26(34)31-13-11-30(3)12-14-31)32(27(35)36-25)17-19-7-9-21(28)10-8-19/h4-10,16,18,24-25H,11-15,17H2,1-3H3,(H,29,33). The molecule has 2 aromatic rings. The van der Waals surface area contributed by atoms with E-state index in [0.717, 1.165) is 13.1 Å². The number of anilines is 1. The lowest BCUT2D eigenvalue weighted by Crippen LogP contribution is -2.54.